The Morgan fingerprint density at radius 2 is 2.00 bits per heavy atom. The molecule has 1 N–H and O–H groups in total. The van der Waals surface area contributed by atoms with Crippen molar-refractivity contribution >= 4 is 0 Å². The van der Waals surface area contributed by atoms with Gasteiger partial charge in [0, 0.05) is 6.04 Å². The van der Waals surface area contributed by atoms with E-state index in [1.54, 1.807) is 0 Å². The molecule has 2 rings (SSSR count). The molecular formula is C11H20N. The average Bonchev–Trinajstić information content (AvgIpc) is 2.33. The Balaban J connectivity index is 2.30. The molecule has 0 spiro atoms. The molecule has 2 fully saturated rings. The van der Waals surface area contributed by atoms with Crippen LogP contribution in [0, 0.1) is 23.2 Å². The van der Waals surface area contributed by atoms with Crippen molar-refractivity contribution < 1.29 is 0 Å². The summed E-state index contributed by atoms with van der Waals surface area (Å²) in [4.78, 5) is 0. The second-order valence-electron chi connectivity index (χ2n) is 5.27. The Labute approximate surface area is 75.9 Å². The SMILES string of the molecule is CNC1[CH]C2(C)CCC1C2(C)C. The molecule has 2 aliphatic carbocycles. The highest BCUT2D eigenvalue weighted by molar-refractivity contribution is 5.21. The number of hydrogen-bond donors (Lipinski definition) is 1. The highest BCUT2D eigenvalue weighted by Crippen LogP contribution is 2.64. The largest absolute Gasteiger partial charge is 0.316 e. The maximum Gasteiger partial charge on any atom is 0.0135 e. The molecule has 0 aromatic rings. The molecule has 0 aromatic heterocycles. The minimum absolute atomic E-state index is 0.491. The van der Waals surface area contributed by atoms with E-state index >= 15 is 0 Å². The minimum atomic E-state index is 0.491. The van der Waals surface area contributed by atoms with Crippen molar-refractivity contribution in [2.45, 2.75) is 39.7 Å². The van der Waals surface area contributed by atoms with Gasteiger partial charge in [-0.3, -0.25) is 0 Å². The van der Waals surface area contributed by atoms with Gasteiger partial charge >= 0.3 is 0 Å². The molecule has 0 amide bonds. The molecule has 1 heteroatoms. The maximum absolute atomic E-state index is 3.42. The van der Waals surface area contributed by atoms with Crippen LogP contribution in [-0.4, -0.2) is 13.1 Å². The average molecular weight is 166 g/mol. The molecule has 0 aliphatic heterocycles. The molecule has 0 heterocycles. The summed E-state index contributed by atoms with van der Waals surface area (Å²) in [6.07, 6.45) is 5.34. The Bertz CT molecular complexity index is 194. The lowest BCUT2D eigenvalue weighted by atomic mass is 9.71. The van der Waals surface area contributed by atoms with E-state index in [-0.39, 0.29) is 0 Å². The fourth-order valence-corrected chi connectivity index (χ4v) is 3.29. The van der Waals surface area contributed by atoms with Crippen molar-refractivity contribution in [2.75, 3.05) is 7.05 Å². The first-order valence-electron chi connectivity index (χ1n) is 5.04. The first-order valence-corrected chi connectivity index (χ1v) is 5.04. The van der Waals surface area contributed by atoms with Gasteiger partial charge in [0.05, 0.1) is 0 Å². The predicted octanol–water partition coefficient (Wildman–Crippen LogP) is 2.23. The molecule has 1 radical (unpaired) electrons. The third kappa shape index (κ3) is 0.783. The van der Waals surface area contributed by atoms with Crippen LogP contribution in [0.3, 0.4) is 0 Å². The minimum Gasteiger partial charge on any atom is -0.316 e. The summed E-state index contributed by atoms with van der Waals surface area (Å²) in [5.74, 6) is 0.868. The van der Waals surface area contributed by atoms with Gasteiger partial charge in [-0.25, -0.2) is 0 Å². The van der Waals surface area contributed by atoms with Gasteiger partial charge in [0.1, 0.15) is 0 Å². The fourth-order valence-electron chi connectivity index (χ4n) is 3.29. The summed E-state index contributed by atoms with van der Waals surface area (Å²) in [7, 11) is 2.08. The van der Waals surface area contributed by atoms with Gasteiger partial charge < -0.3 is 5.32 Å². The van der Waals surface area contributed by atoms with E-state index in [0.717, 1.165) is 5.92 Å². The number of rotatable bonds is 1. The first-order chi connectivity index (χ1) is 5.51. The standard InChI is InChI=1S/C11H20N/c1-10(2)8-5-6-11(10,3)7-9(8)12-4/h7-9,12H,5-6H2,1-4H3. The zero-order valence-electron chi connectivity index (χ0n) is 8.65. The van der Waals surface area contributed by atoms with Gasteiger partial charge in [-0.2, -0.15) is 0 Å². The van der Waals surface area contributed by atoms with E-state index in [9.17, 15) is 0 Å². The number of hydrogen-bond acceptors (Lipinski definition) is 1. The van der Waals surface area contributed by atoms with Crippen LogP contribution >= 0.6 is 0 Å². The molecule has 2 saturated carbocycles. The number of nitrogens with one attached hydrogen (secondary N) is 1. The molecule has 2 bridgehead atoms. The molecule has 3 atom stereocenters. The second-order valence-corrected chi connectivity index (χ2v) is 5.27. The van der Waals surface area contributed by atoms with Gasteiger partial charge in [0.2, 0.25) is 0 Å². The van der Waals surface area contributed by atoms with Crippen molar-refractivity contribution in [3.8, 4) is 0 Å². The van der Waals surface area contributed by atoms with Crippen LogP contribution in [0.2, 0.25) is 0 Å². The van der Waals surface area contributed by atoms with Crippen LogP contribution < -0.4 is 5.32 Å². The van der Waals surface area contributed by atoms with E-state index in [0.29, 0.717) is 16.9 Å². The maximum atomic E-state index is 3.42. The fraction of sp³-hybridized carbons (Fsp3) is 0.909. The van der Waals surface area contributed by atoms with E-state index in [4.69, 9.17) is 0 Å². The van der Waals surface area contributed by atoms with Crippen molar-refractivity contribution in [3.63, 3.8) is 0 Å². The Hall–Kier alpha value is -0.0400. The summed E-state index contributed by atoms with van der Waals surface area (Å²) >= 11 is 0. The molecule has 0 saturated heterocycles. The normalized spacial score (nSPS) is 50.0. The summed E-state index contributed by atoms with van der Waals surface area (Å²) in [6.45, 7) is 7.28. The summed E-state index contributed by atoms with van der Waals surface area (Å²) < 4.78 is 0. The van der Waals surface area contributed by atoms with Crippen LogP contribution in [0.15, 0.2) is 0 Å². The zero-order valence-corrected chi connectivity index (χ0v) is 8.65. The van der Waals surface area contributed by atoms with Crippen LogP contribution in [0.1, 0.15) is 33.6 Å². The van der Waals surface area contributed by atoms with Crippen molar-refractivity contribution in [1.82, 2.24) is 5.32 Å². The molecule has 3 unspecified atom stereocenters. The molecule has 0 aromatic carbocycles. The topological polar surface area (TPSA) is 12.0 Å². The van der Waals surface area contributed by atoms with E-state index in [2.05, 4.69) is 39.6 Å². The Kier molecular flexibility index (Phi) is 1.61. The predicted molar refractivity (Wildman–Crippen MR) is 51.8 cm³/mol. The number of fused-ring (bicyclic) bond motifs is 2. The second kappa shape index (κ2) is 2.25. The zero-order chi connectivity index (χ0) is 8.98. The van der Waals surface area contributed by atoms with Crippen LogP contribution in [0.4, 0.5) is 0 Å². The molecule has 69 valence electrons. The summed E-state index contributed by atoms with van der Waals surface area (Å²) in [6, 6.07) is 0.666. The van der Waals surface area contributed by atoms with Gasteiger partial charge in [0.15, 0.2) is 0 Å². The van der Waals surface area contributed by atoms with Crippen molar-refractivity contribution in [1.29, 1.82) is 0 Å². The molecule has 2 aliphatic rings. The van der Waals surface area contributed by atoms with Crippen molar-refractivity contribution in [2.24, 2.45) is 16.7 Å². The van der Waals surface area contributed by atoms with E-state index in [1.807, 2.05) is 0 Å². The summed E-state index contributed by atoms with van der Waals surface area (Å²) in [5.41, 5.74) is 1.01. The summed E-state index contributed by atoms with van der Waals surface area (Å²) in [5, 5.41) is 3.42. The monoisotopic (exact) mass is 166 g/mol. The Morgan fingerprint density at radius 1 is 1.33 bits per heavy atom. The van der Waals surface area contributed by atoms with Crippen LogP contribution in [0.25, 0.3) is 0 Å². The van der Waals surface area contributed by atoms with E-state index in [1.165, 1.54) is 12.8 Å². The van der Waals surface area contributed by atoms with E-state index < -0.39 is 0 Å². The van der Waals surface area contributed by atoms with Gasteiger partial charge in [-0.1, -0.05) is 20.8 Å². The van der Waals surface area contributed by atoms with Gasteiger partial charge in [-0.15, -0.1) is 0 Å². The Morgan fingerprint density at radius 3 is 2.25 bits per heavy atom. The van der Waals surface area contributed by atoms with Crippen LogP contribution in [-0.2, 0) is 0 Å². The first kappa shape index (κ1) is 8.55. The highest BCUT2D eigenvalue weighted by Gasteiger charge is 2.60. The van der Waals surface area contributed by atoms with Crippen LogP contribution in [0.5, 0.6) is 0 Å². The molecular weight excluding hydrogens is 146 g/mol. The highest BCUT2D eigenvalue weighted by atomic mass is 14.9. The quantitative estimate of drug-likeness (QED) is 0.630. The van der Waals surface area contributed by atoms with Gasteiger partial charge in [-0.05, 0) is 43.1 Å². The lowest BCUT2D eigenvalue weighted by molar-refractivity contribution is 0.173. The third-order valence-corrected chi connectivity index (χ3v) is 4.69. The lowest BCUT2D eigenvalue weighted by Gasteiger charge is -2.33. The molecule has 12 heavy (non-hydrogen) atoms. The third-order valence-electron chi connectivity index (χ3n) is 4.69. The molecule has 1 nitrogen and oxygen atoms in total. The van der Waals surface area contributed by atoms with Gasteiger partial charge in [0.25, 0.3) is 0 Å². The smallest absolute Gasteiger partial charge is 0.0135 e. The lowest BCUT2D eigenvalue weighted by Crippen LogP contribution is -2.33. The van der Waals surface area contributed by atoms with Crippen molar-refractivity contribution in [3.05, 3.63) is 6.42 Å².